The van der Waals surface area contributed by atoms with Crippen LogP contribution in [-0.2, 0) is 22.6 Å². The molecule has 208 valence electrons. The number of aryl methyl sites for hydroxylation is 1. The summed E-state index contributed by atoms with van der Waals surface area (Å²) in [7, 11) is 0. The SMILES string of the molecule is CC(C)(N)C(=O)N[C@@H]1CCc2ccccc2N(Cc2ccc3oc(-c4ccccc4-c4nn[nH]n4)c(Br)c3c2)C1=O. The van der Waals surface area contributed by atoms with Gasteiger partial charge in [-0.1, -0.05) is 48.5 Å². The molecule has 2 aromatic heterocycles. The number of hydrogen-bond donors (Lipinski definition) is 3. The first kappa shape index (κ1) is 26.9. The summed E-state index contributed by atoms with van der Waals surface area (Å²) in [5.41, 5.74) is 10.00. The van der Waals surface area contributed by atoms with Gasteiger partial charge < -0.3 is 20.4 Å². The van der Waals surface area contributed by atoms with Crippen molar-refractivity contribution in [1.29, 1.82) is 0 Å². The minimum Gasteiger partial charge on any atom is -0.455 e. The maximum absolute atomic E-state index is 13.9. The fourth-order valence-electron chi connectivity index (χ4n) is 5.08. The highest BCUT2D eigenvalue weighted by atomic mass is 79.9. The fraction of sp³-hybridized carbons (Fsp3) is 0.233. The van der Waals surface area contributed by atoms with Gasteiger partial charge in [-0.25, -0.2) is 0 Å². The van der Waals surface area contributed by atoms with Gasteiger partial charge in [0.2, 0.25) is 17.6 Å². The lowest BCUT2D eigenvalue weighted by Gasteiger charge is -2.28. The number of carbonyl (C=O) groups is 2. The van der Waals surface area contributed by atoms with Crippen LogP contribution < -0.4 is 16.0 Å². The molecule has 1 aliphatic rings. The van der Waals surface area contributed by atoms with Crippen molar-refractivity contribution in [2.75, 3.05) is 4.90 Å². The summed E-state index contributed by atoms with van der Waals surface area (Å²) in [5.74, 6) is 0.570. The number of hydrogen-bond acceptors (Lipinski definition) is 7. The zero-order valence-corrected chi connectivity index (χ0v) is 24.1. The molecule has 0 aliphatic carbocycles. The summed E-state index contributed by atoms with van der Waals surface area (Å²) in [6, 6.07) is 20.7. The Kier molecular flexibility index (Phi) is 6.92. The van der Waals surface area contributed by atoms with Gasteiger partial charge in [0.05, 0.1) is 16.6 Å². The smallest absolute Gasteiger partial charge is 0.249 e. The molecule has 5 aromatic rings. The number of para-hydroxylation sites is 1. The van der Waals surface area contributed by atoms with Gasteiger partial charge in [0.1, 0.15) is 17.4 Å². The molecule has 0 unspecified atom stereocenters. The second-order valence-corrected chi connectivity index (χ2v) is 11.5. The van der Waals surface area contributed by atoms with Crippen LogP contribution in [0.15, 0.2) is 75.6 Å². The molecule has 3 heterocycles. The summed E-state index contributed by atoms with van der Waals surface area (Å²) in [6.07, 6.45) is 1.15. The first-order valence-corrected chi connectivity index (χ1v) is 14.0. The zero-order chi connectivity index (χ0) is 28.7. The summed E-state index contributed by atoms with van der Waals surface area (Å²) in [5, 5.41) is 18.2. The third kappa shape index (κ3) is 5.14. The Bertz CT molecular complexity index is 1760. The molecule has 0 saturated heterocycles. The van der Waals surface area contributed by atoms with Crippen LogP contribution in [0.5, 0.6) is 0 Å². The minimum atomic E-state index is -1.09. The Balaban J connectivity index is 1.36. The van der Waals surface area contributed by atoms with E-state index in [9.17, 15) is 9.59 Å². The van der Waals surface area contributed by atoms with E-state index in [4.69, 9.17) is 10.2 Å². The average Bonchev–Trinajstić information content (AvgIpc) is 3.59. The van der Waals surface area contributed by atoms with Crippen LogP contribution in [0.3, 0.4) is 0 Å². The number of nitrogens with two attached hydrogens (primary N) is 1. The van der Waals surface area contributed by atoms with Crippen molar-refractivity contribution in [3.8, 4) is 22.7 Å². The second kappa shape index (κ2) is 10.6. The number of aromatic nitrogens is 4. The molecule has 1 aliphatic heterocycles. The van der Waals surface area contributed by atoms with Gasteiger partial charge >= 0.3 is 0 Å². The van der Waals surface area contributed by atoms with Crippen molar-refractivity contribution >= 4 is 44.4 Å². The molecule has 11 heteroatoms. The number of amides is 2. The molecule has 1 atom stereocenters. The van der Waals surface area contributed by atoms with Crippen LogP contribution in [0, 0.1) is 0 Å². The molecule has 2 amide bonds. The Morgan fingerprint density at radius 3 is 2.66 bits per heavy atom. The maximum atomic E-state index is 13.9. The largest absolute Gasteiger partial charge is 0.455 e. The van der Waals surface area contributed by atoms with Crippen LogP contribution in [0.4, 0.5) is 5.69 Å². The second-order valence-electron chi connectivity index (χ2n) is 10.7. The van der Waals surface area contributed by atoms with Crippen molar-refractivity contribution in [2.45, 2.75) is 44.8 Å². The summed E-state index contributed by atoms with van der Waals surface area (Å²) >= 11 is 3.75. The number of nitrogens with zero attached hydrogens (tertiary/aromatic N) is 4. The van der Waals surface area contributed by atoms with E-state index in [-0.39, 0.29) is 11.8 Å². The zero-order valence-electron chi connectivity index (χ0n) is 22.5. The predicted octanol–water partition coefficient (Wildman–Crippen LogP) is 4.74. The Hall–Kier alpha value is -4.35. The van der Waals surface area contributed by atoms with E-state index >= 15 is 0 Å². The van der Waals surface area contributed by atoms with E-state index in [1.165, 1.54) is 0 Å². The van der Waals surface area contributed by atoms with E-state index in [1.807, 2.05) is 66.7 Å². The highest BCUT2D eigenvalue weighted by Gasteiger charge is 2.34. The third-order valence-corrected chi connectivity index (χ3v) is 8.02. The molecular weight excluding hydrogens is 586 g/mol. The van der Waals surface area contributed by atoms with Crippen LogP contribution in [0.1, 0.15) is 31.4 Å². The average molecular weight is 615 g/mol. The molecule has 0 saturated carbocycles. The van der Waals surface area contributed by atoms with Crippen molar-refractivity contribution in [1.82, 2.24) is 25.9 Å². The molecule has 10 nitrogen and oxygen atoms in total. The number of furan rings is 1. The summed E-state index contributed by atoms with van der Waals surface area (Å²) in [6.45, 7) is 3.57. The number of benzene rings is 3. The van der Waals surface area contributed by atoms with E-state index < -0.39 is 11.6 Å². The quantitative estimate of drug-likeness (QED) is 0.251. The molecule has 0 spiro atoms. The number of fused-ring (bicyclic) bond motifs is 2. The minimum absolute atomic E-state index is 0.173. The number of aromatic amines is 1. The topological polar surface area (TPSA) is 143 Å². The van der Waals surface area contributed by atoms with E-state index in [0.717, 1.165) is 37.8 Å². The standard InChI is InChI=1S/C30H28BrN7O3/c1-30(2,32)29(40)33-22-13-12-18-7-3-6-10-23(18)38(28(22)39)16-17-11-14-24-21(15-17)25(31)26(41-24)19-8-4-5-9-20(19)27-34-36-37-35-27/h3-11,14-15,22H,12-13,16,32H2,1-2H3,(H,33,40)(H,34,35,36,37)/t22-/m1/s1. The van der Waals surface area contributed by atoms with Gasteiger partial charge in [0.25, 0.3) is 0 Å². The van der Waals surface area contributed by atoms with E-state index in [2.05, 4.69) is 41.9 Å². The lowest BCUT2D eigenvalue weighted by Crippen LogP contribution is -2.56. The number of rotatable bonds is 6. The first-order valence-electron chi connectivity index (χ1n) is 13.2. The van der Waals surface area contributed by atoms with Crippen LogP contribution >= 0.6 is 15.9 Å². The van der Waals surface area contributed by atoms with Crippen LogP contribution in [-0.4, -0.2) is 44.0 Å². The highest BCUT2D eigenvalue weighted by Crippen LogP contribution is 2.41. The third-order valence-electron chi connectivity index (χ3n) is 7.23. The summed E-state index contributed by atoms with van der Waals surface area (Å²) < 4.78 is 7.07. The fourth-order valence-corrected chi connectivity index (χ4v) is 5.68. The Morgan fingerprint density at radius 2 is 1.90 bits per heavy atom. The molecule has 41 heavy (non-hydrogen) atoms. The predicted molar refractivity (Wildman–Crippen MR) is 159 cm³/mol. The van der Waals surface area contributed by atoms with Crippen molar-refractivity contribution in [2.24, 2.45) is 5.73 Å². The van der Waals surface area contributed by atoms with Crippen molar-refractivity contribution in [3.63, 3.8) is 0 Å². The lowest BCUT2D eigenvalue weighted by molar-refractivity contribution is -0.130. The number of H-pyrrole nitrogens is 1. The maximum Gasteiger partial charge on any atom is 0.249 e. The van der Waals surface area contributed by atoms with E-state index in [1.54, 1.807) is 18.7 Å². The van der Waals surface area contributed by atoms with Crippen molar-refractivity contribution < 1.29 is 14.0 Å². The molecule has 0 radical (unpaired) electrons. The Morgan fingerprint density at radius 1 is 1.15 bits per heavy atom. The molecule has 6 rings (SSSR count). The van der Waals surface area contributed by atoms with Gasteiger partial charge in [0, 0.05) is 22.2 Å². The molecular formula is C30H28BrN7O3. The van der Waals surface area contributed by atoms with Crippen molar-refractivity contribution in [3.05, 3.63) is 82.3 Å². The van der Waals surface area contributed by atoms with Crippen LogP contribution in [0.25, 0.3) is 33.7 Å². The van der Waals surface area contributed by atoms with Gasteiger partial charge in [0.15, 0.2) is 0 Å². The number of tetrazole rings is 1. The highest BCUT2D eigenvalue weighted by molar-refractivity contribution is 9.10. The van der Waals surface area contributed by atoms with Gasteiger partial charge in [-0.05, 0) is 77.2 Å². The van der Waals surface area contributed by atoms with Gasteiger partial charge in [-0.2, -0.15) is 5.21 Å². The number of nitrogens with one attached hydrogen (secondary N) is 2. The molecule has 3 aromatic carbocycles. The van der Waals surface area contributed by atoms with E-state index in [0.29, 0.717) is 36.6 Å². The Labute approximate surface area is 244 Å². The van der Waals surface area contributed by atoms with Gasteiger partial charge in [-0.3, -0.25) is 9.59 Å². The van der Waals surface area contributed by atoms with Crippen LogP contribution in [0.2, 0.25) is 0 Å². The lowest BCUT2D eigenvalue weighted by atomic mass is 10.0. The number of halogens is 1. The monoisotopic (exact) mass is 613 g/mol. The summed E-state index contributed by atoms with van der Waals surface area (Å²) in [4.78, 5) is 28.3. The first-order chi connectivity index (χ1) is 19.7. The normalized spacial score (nSPS) is 15.6. The number of anilines is 1. The number of carbonyl (C=O) groups excluding carboxylic acids is 2. The molecule has 4 N–H and O–H groups in total. The van der Waals surface area contributed by atoms with Gasteiger partial charge in [-0.15, -0.1) is 10.2 Å². The molecule has 0 bridgehead atoms. The molecule has 0 fully saturated rings.